The molecule has 72 valence electrons. The molecule has 1 aromatic heterocycles. The molecule has 0 aliphatic rings. The Labute approximate surface area is 86.7 Å². The Hall–Kier alpha value is -0.280. The summed E-state index contributed by atoms with van der Waals surface area (Å²) in [6.07, 6.45) is 1.49. The summed E-state index contributed by atoms with van der Waals surface area (Å²) in [5.41, 5.74) is 0.472. The van der Waals surface area contributed by atoms with Crippen molar-refractivity contribution >= 4 is 23.4 Å². The summed E-state index contributed by atoms with van der Waals surface area (Å²) in [5, 5.41) is 1.13. The van der Waals surface area contributed by atoms with E-state index in [4.69, 9.17) is 11.6 Å². The Balaban J connectivity index is 3.04. The molecular weight excluding hydrogens is 209 g/mol. The second-order valence-corrected chi connectivity index (χ2v) is 4.99. The molecule has 1 rings (SSSR count). The molecule has 0 bridgehead atoms. The van der Waals surface area contributed by atoms with Gasteiger partial charge in [-0.3, -0.25) is 0 Å². The summed E-state index contributed by atoms with van der Waals surface area (Å²) in [5.74, 6) is -0.300. The topological polar surface area (TPSA) is 12.9 Å². The normalized spacial score (nSPS) is 10.9. The number of aromatic nitrogens is 1. The fourth-order valence-corrected chi connectivity index (χ4v) is 1.79. The van der Waals surface area contributed by atoms with Crippen molar-refractivity contribution < 1.29 is 4.39 Å². The molecule has 0 radical (unpaired) electrons. The Morgan fingerprint density at radius 1 is 1.54 bits per heavy atom. The third-order valence-corrected chi connectivity index (χ3v) is 2.88. The molecule has 0 aliphatic carbocycles. The lowest BCUT2D eigenvalue weighted by molar-refractivity contribution is 0.578. The predicted octanol–water partition coefficient (Wildman–Crippen LogP) is 3.68. The number of thioether (sulfide) groups is 1. The van der Waals surface area contributed by atoms with E-state index >= 15 is 0 Å². The van der Waals surface area contributed by atoms with Gasteiger partial charge in [0, 0.05) is 17.0 Å². The Morgan fingerprint density at radius 2 is 2.15 bits per heavy atom. The maximum absolute atomic E-state index is 13.5. The summed E-state index contributed by atoms with van der Waals surface area (Å²) in [6.45, 7) is 5.65. The zero-order valence-corrected chi connectivity index (χ0v) is 9.34. The van der Waals surface area contributed by atoms with Crippen LogP contribution < -0.4 is 0 Å². The van der Waals surface area contributed by atoms with Crippen LogP contribution in [-0.4, -0.2) is 10.2 Å². The van der Waals surface area contributed by atoms with Crippen LogP contribution in [-0.2, 0) is 0 Å². The van der Waals surface area contributed by atoms with Gasteiger partial charge in [0.2, 0.25) is 0 Å². The highest BCUT2D eigenvalue weighted by atomic mass is 35.5. The molecule has 13 heavy (non-hydrogen) atoms. The van der Waals surface area contributed by atoms with E-state index in [2.05, 4.69) is 4.98 Å². The van der Waals surface area contributed by atoms with Crippen molar-refractivity contribution in [3.63, 3.8) is 0 Å². The van der Waals surface area contributed by atoms with Crippen LogP contribution in [0, 0.1) is 12.7 Å². The van der Waals surface area contributed by atoms with Gasteiger partial charge in [-0.15, -0.1) is 11.8 Å². The Bertz CT molecular complexity index is 315. The van der Waals surface area contributed by atoms with Gasteiger partial charge < -0.3 is 0 Å². The number of hydrogen-bond donors (Lipinski definition) is 0. The molecule has 0 saturated heterocycles. The van der Waals surface area contributed by atoms with Gasteiger partial charge in [-0.1, -0.05) is 25.4 Å². The molecule has 1 aromatic rings. The van der Waals surface area contributed by atoms with E-state index in [1.54, 1.807) is 6.92 Å². The SMILES string of the molecule is Cc1c(Cl)cnc(SC(C)C)c1F. The minimum absolute atomic E-state index is 0.300. The summed E-state index contributed by atoms with van der Waals surface area (Å²) < 4.78 is 13.5. The average molecular weight is 220 g/mol. The van der Waals surface area contributed by atoms with Gasteiger partial charge in [0.05, 0.1) is 5.02 Å². The van der Waals surface area contributed by atoms with Crippen molar-refractivity contribution in [1.29, 1.82) is 0 Å². The standard InChI is InChI=1S/C9H11ClFNS/c1-5(2)13-9-8(11)6(3)7(10)4-12-9/h4-5H,1-3H3. The van der Waals surface area contributed by atoms with Crippen LogP contribution in [0.4, 0.5) is 4.39 Å². The lowest BCUT2D eigenvalue weighted by Gasteiger charge is -2.07. The molecule has 0 N–H and O–H groups in total. The van der Waals surface area contributed by atoms with Crippen LogP contribution in [0.25, 0.3) is 0 Å². The minimum Gasteiger partial charge on any atom is -0.245 e. The van der Waals surface area contributed by atoms with Gasteiger partial charge in [0.25, 0.3) is 0 Å². The lowest BCUT2D eigenvalue weighted by atomic mass is 10.3. The molecule has 0 aliphatic heterocycles. The van der Waals surface area contributed by atoms with E-state index in [-0.39, 0.29) is 5.82 Å². The third-order valence-electron chi connectivity index (χ3n) is 1.52. The van der Waals surface area contributed by atoms with E-state index in [0.717, 1.165) is 0 Å². The van der Waals surface area contributed by atoms with E-state index in [0.29, 0.717) is 20.9 Å². The van der Waals surface area contributed by atoms with Gasteiger partial charge in [-0.25, -0.2) is 9.37 Å². The summed E-state index contributed by atoms with van der Waals surface area (Å²) in [7, 11) is 0. The summed E-state index contributed by atoms with van der Waals surface area (Å²) in [4.78, 5) is 3.93. The maximum atomic E-state index is 13.5. The number of halogens is 2. The van der Waals surface area contributed by atoms with Crippen molar-refractivity contribution in [2.24, 2.45) is 0 Å². The van der Waals surface area contributed by atoms with Gasteiger partial charge in [-0.2, -0.15) is 0 Å². The van der Waals surface area contributed by atoms with Crippen LogP contribution in [0.5, 0.6) is 0 Å². The molecule has 1 heterocycles. The first-order valence-electron chi connectivity index (χ1n) is 3.99. The maximum Gasteiger partial charge on any atom is 0.159 e. The first kappa shape index (κ1) is 10.8. The highest BCUT2D eigenvalue weighted by Gasteiger charge is 2.11. The van der Waals surface area contributed by atoms with Crippen molar-refractivity contribution in [1.82, 2.24) is 4.98 Å². The monoisotopic (exact) mass is 219 g/mol. The first-order chi connectivity index (χ1) is 6.02. The highest BCUT2D eigenvalue weighted by molar-refractivity contribution is 7.99. The van der Waals surface area contributed by atoms with Gasteiger partial charge in [-0.05, 0) is 6.92 Å². The van der Waals surface area contributed by atoms with Crippen LogP contribution in [0.15, 0.2) is 11.2 Å². The van der Waals surface area contributed by atoms with Gasteiger partial charge >= 0.3 is 0 Å². The van der Waals surface area contributed by atoms with E-state index in [9.17, 15) is 4.39 Å². The largest absolute Gasteiger partial charge is 0.245 e. The fourth-order valence-electron chi connectivity index (χ4n) is 0.839. The van der Waals surface area contributed by atoms with Crippen LogP contribution in [0.1, 0.15) is 19.4 Å². The van der Waals surface area contributed by atoms with Crippen molar-refractivity contribution in [2.45, 2.75) is 31.0 Å². The summed E-state index contributed by atoms with van der Waals surface area (Å²) in [6, 6.07) is 0. The quantitative estimate of drug-likeness (QED) is 0.704. The molecule has 0 aromatic carbocycles. The van der Waals surface area contributed by atoms with E-state index in [1.165, 1.54) is 18.0 Å². The number of nitrogens with zero attached hydrogens (tertiary/aromatic N) is 1. The van der Waals surface area contributed by atoms with Gasteiger partial charge in [0.1, 0.15) is 5.03 Å². The highest BCUT2D eigenvalue weighted by Crippen LogP contribution is 2.28. The fraction of sp³-hybridized carbons (Fsp3) is 0.444. The number of rotatable bonds is 2. The predicted molar refractivity (Wildman–Crippen MR) is 54.9 cm³/mol. The zero-order chi connectivity index (χ0) is 10.0. The van der Waals surface area contributed by atoms with E-state index in [1.807, 2.05) is 13.8 Å². The Kier molecular flexibility index (Phi) is 3.56. The van der Waals surface area contributed by atoms with Crippen molar-refractivity contribution in [3.8, 4) is 0 Å². The molecule has 0 atom stereocenters. The molecule has 0 fully saturated rings. The number of hydrogen-bond acceptors (Lipinski definition) is 2. The molecule has 1 nitrogen and oxygen atoms in total. The second-order valence-electron chi connectivity index (χ2n) is 3.02. The average Bonchev–Trinajstić information content (AvgIpc) is 2.06. The van der Waals surface area contributed by atoms with Crippen LogP contribution in [0.2, 0.25) is 5.02 Å². The Morgan fingerprint density at radius 3 is 2.69 bits per heavy atom. The second kappa shape index (κ2) is 4.29. The van der Waals surface area contributed by atoms with Gasteiger partial charge in [0.15, 0.2) is 5.82 Å². The third kappa shape index (κ3) is 2.58. The minimum atomic E-state index is -0.300. The van der Waals surface area contributed by atoms with Crippen LogP contribution in [0.3, 0.4) is 0 Å². The van der Waals surface area contributed by atoms with E-state index < -0.39 is 0 Å². The van der Waals surface area contributed by atoms with Crippen molar-refractivity contribution in [2.75, 3.05) is 0 Å². The zero-order valence-electron chi connectivity index (χ0n) is 7.77. The smallest absolute Gasteiger partial charge is 0.159 e. The number of pyridine rings is 1. The summed E-state index contributed by atoms with van der Waals surface area (Å²) >= 11 is 7.11. The lowest BCUT2D eigenvalue weighted by Crippen LogP contribution is -1.95. The van der Waals surface area contributed by atoms with Crippen molar-refractivity contribution in [3.05, 3.63) is 22.6 Å². The molecular formula is C9H11ClFNS. The first-order valence-corrected chi connectivity index (χ1v) is 5.25. The molecule has 0 saturated carbocycles. The molecule has 0 spiro atoms. The molecule has 0 amide bonds. The molecule has 0 unspecified atom stereocenters. The van der Waals surface area contributed by atoms with Crippen LogP contribution >= 0.6 is 23.4 Å². The molecule has 4 heteroatoms.